The summed E-state index contributed by atoms with van der Waals surface area (Å²) in [7, 11) is 1.44. The van der Waals surface area contributed by atoms with Crippen LogP contribution in [0.2, 0.25) is 0 Å². The van der Waals surface area contributed by atoms with Crippen molar-refractivity contribution in [3.8, 4) is 5.75 Å². The number of carbonyl (C=O) groups excluding carboxylic acids is 1. The van der Waals surface area contributed by atoms with Crippen molar-refractivity contribution in [3.05, 3.63) is 33.9 Å². The molecule has 1 unspecified atom stereocenters. The number of aromatic carboxylic acids is 1. The molecule has 2 aliphatic rings. The van der Waals surface area contributed by atoms with Crippen LogP contribution in [0, 0.1) is 5.82 Å². The number of hydrogen-bond donors (Lipinski definition) is 1. The minimum atomic E-state index is -1.33. The molecule has 1 saturated carbocycles. The van der Waals surface area contributed by atoms with Gasteiger partial charge in [0.1, 0.15) is 11.3 Å². The fourth-order valence-electron chi connectivity index (χ4n) is 5.28. The van der Waals surface area contributed by atoms with Gasteiger partial charge in [-0.05, 0) is 32.3 Å². The van der Waals surface area contributed by atoms with Crippen molar-refractivity contribution >= 4 is 28.5 Å². The lowest BCUT2D eigenvalue weighted by Crippen LogP contribution is -2.54. The number of benzene rings is 1. The van der Waals surface area contributed by atoms with E-state index in [4.69, 9.17) is 4.74 Å². The number of aromatic nitrogens is 1. The number of carboxylic acids is 1. The van der Waals surface area contributed by atoms with Gasteiger partial charge in [-0.25, -0.2) is 9.18 Å². The minimum absolute atomic E-state index is 0. The van der Waals surface area contributed by atoms with Crippen LogP contribution in [0.3, 0.4) is 0 Å². The van der Waals surface area contributed by atoms with Gasteiger partial charge < -0.3 is 29.7 Å². The molecule has 0 radical (unpaired) electrons. The molecular formula is C27H38FN3O6. The number of unbranched alkanes of at least 4 members (excludes halogenated alkanes) is 4. The van der Waals surface area contributed by atoms with Crippen molar-refractivity contribution in [2.24, 2.45) is 0 Å². The van der Waals surface area contributed by atoms with Crippen LogP contribution >= 0.6 is 0 Å². The normalized spacial score (nSPS) is 17.6. The molecule has 1 aromatic carbocycles. The summed E-state index contributed by atoms with van der Waals surface area (Å²) in [6.45, 7) is 5.47. The Bertz CT molecular complexity index is 1210. The number of ether oxygens (including phenoxy) is 1. The summed E-state index contributed by atoms with van der Waals surface area (Å²) in [6, 6.07) is 1.07. The Morgan fingerprint density at radius 2 is 1.86 bits per heavy atom. The smallest absolute Gasteiger partial charge is 0.341 e. The number of methoxy groups -OCH3 is 1. The van der Waals surface area contributed by atoms with E-state index in [1.54, 1.807) is 4.57 Å². The first-order valence-corrected chi connectivity index (χ1v) is 13.0. The average molecular weight is 520 g/mol. The highest BCUT2D eigenvalue weighted by molar-refractivity contribution is 5.97. The molecule has 37 heavy (non-hydrogen) atoms. The van der Waals surface area contributed by atoms with Gasteiger partial charge in [-0.3, -0.25) is 9.59 Å². The van der Waals surface area contributed by atoms with Crippen LogP contribution in [0.5, 0.6) is 5.75 Å². The third kappa shape index (κ3) is 5.74. The van der Waals surface area contributed by atoms with Crippen molar-refractivity contribution in [2.45, 2.75) is 77.3 Å². The molecule has 0 bridgehead atoms. The van der Waals surface area contributed by atoms with Gasteiger partial charge in [0, 0.05) is 44.3 Å². The molecule has 2 fully saturated rings. The predicted octanol–water partition coefficient (Wildman–Crippen LogP) is 3.76. The predicted molar refractivity (Wildman–Crippen MR) is 140 cm³/mol. The number of rotatable bonds is 10. The van der Waals surface area contributed by atoms with E-state index in [0.717, 1.165) is 38.2 Å². The summed E-state index contributed by atoms with van der Waals surface area (Å²) in [4.78, 5) is 41.2. The van der Waals surface area contributed by atoms with Crippen LogP contribution in [0.25, 0.3) is 10.9 Å². The number of carbonyl (C=O) groups is 2. The molecule has 2 heterocycles. The van der Waals surface area contributed by atoms with Gasteiger partial charge in [-0.1, -0.05) is 32.6 Å². The molecule has 1 aliphatic heterocycles. The first kappa shape index (κ1) is 28.4. The number of halogens is 1. The third-order valence-electron chi connectivity index (χ3n) is 7.33. The molecule has 0 spiro atoms. The minimum Gasteiger partial charge on any atom is -0.492 e. The van der Waals surface area contributed by atoms with E-state index in [0.29, 0.717) is 31.6 Å². The van der Waals surface area contributed by atoms with Crippen LogP contribution in [-0.2, 0) is 4.79 Å². The maximum absolute atomic E-state index is 15.6. The molecule has 3 N–H and O–H groups in total. The Morgan fingerprint density at radius 1 is 1.16 bits per heavy atom. The molecule has 1 saturated heterocycles. The highest BCUT2D eigenvalue weighted by Gasteiger charge is 2.34. The van der Waals surface area contributed by atoms with Crippen LogP contribution in [-0.4, -0.2) is 64.7 Å². The molecule has 1 aromatic heterocycles. The molecule has 2 aromatic rings. The number of fused-ring (bicyclic) bond motifs is 1. The lowest BCUT2D eigenvalue weighted by Gasteiger charge is -2.41. The zero-order valence-corrected chi connectivity index (χ0v) is 21.9. The lowest BCUT2D eigenvalue weighted by molar-refractivity contribution is -0.133. The topological polar surface area (TPSA) is 124 Å². The summed E-state index contributed by atoms with van der Waals surface area (Å²) in [5.74, 6) is -1.61. The van der Waals surface area contributed by atoms with Gasteiger partial charge in [0.25, 0.3) is 0 Å². The van der Waals surface area contributed by atoms with Gasteiger partial charge in [0.2, 0.25) is 11.3 Å². The first-order chi connectivity index (χ1) is 17.3. The number of amides is 1. The average Bonchev–Trinajstić information content (AvgIpc) is 3.68. The van der Waals surface area contributed by atoms with E-state index in [2.05, 4.69) is 6.92 Å². The van der Waals surface area contributed by atoms with E-state index in [-0.39, 0.29) is 45.9 Å². The Kier molecular flexibility index (Phi) is 9.17. The van der Waals surface area contributed by atoms with Crippen molar-refractivity contribution in [3.63, 3.8) is 0 Å². The van der Waals surface area contributed by atoms with Crippen molar-refractivity contribution in [1.29, 1.82) is 0 Å². The summed E-state index contributed by atoms with van der Waals surface area (Å²) in [5.41, 5.74) is -0.426. The quantitative estimate of drug-likeness (QED) is 0.477. The van der Waals surface area contributed by atoms with E-state index in [1.807, 2.05) is 16.7 Å². The Morgan fingerprint density at radius 3 is 2.46 bits per heavy atom. The van der Waals surface area contributed by atoms with Crippen LogP contribution in [0.4, 0.5) is 10.1 Å². The maximum Gasteiger partial charge on any atom is 0.341 e. The van der Waals surface area contributed by atoms with Crippen molar-refractivity contribution in [2.75, 3.05) is 31.6 Å². The second-order valence-corrected chi connectivity index (χ2v) is 10.00. The second-order valence-electron chi connectivity index (χ2n) is 10.00. The molecule has 1 aliphatic carbocycles. The lowest BCUT2D eigenvalue weighted by atomic mass is 10.1. The van der Waals surface area contributed by atoms with Gasteiger partial charge in [0.05, 0.1) is 18.0 Å². The van der Waals surface area contributed by atoms with E-state index >= 15 is 4.39 Å². The summed E-state index contributed by atoms with van der Waals surface area (Å²) < 4.78 is 23.0. The van der Waals surface area contributed by atoms with Crippen LogP contribution in [0.15, 0.2) is 17.1 Å². The molecule has 9 nitrogen and oxygen atoms in total. The number of pyridine rings is 1. The Labute approximate surface area is 216 Å². The van der Waals surface area contributed by atoms with Crippen LogP contribution in [0.1, 0.15) is 81.6 Å². The van der Waals surface area contributed by atoms with E-state index in [9.17, 15) is 19.5 Å². The summed E-state index contributed by atoms with van der Waals surface area (Å²) >= 11 is 0. The SMILES string of the molecule is CCCCCCCC(=O)N1CCN(c2c(F)cc3c(=O)c(C(=O)O)cn(C4CC4)c3c2OC)CC1C.O. The molecule has 1 amide bonds. The van der Waals surface area contributed by atoms with Crippen molar-refractivity contribution < 1.29 is 29.3 Å². The van der Waals surface area contributed by atoms with Gasteiger partial charge in [-0.2, -0.15) is 0 Å². The number of nitrogens with zero attached hydrogens (tertiary/aromatic N) is 3. The molecule has 204 valence electrons. The summed E-state index contributed by atoms with van der Waals surface area (Å²) in [5, 5.41) is 9.52. The zero-order valence-electron chi connectivity index (χ0n) is 21.9. The highest BCUT2D eigenvalue weighted by Crippen LogP contribution is 2.44. The fourth-order valence-corrected chi connectivity index (χ4v) is 5.28. The number of carboxylic acid groups (broad SMARTS) is 1. The number of anilines is 1. The fraction of sp³-hybridized carbons (Fsp3) is 0.593. The molecular weight excluding hydrogens is 481 g/mol. The number of piperazine rings is 1. The third-order valence-corrected chi connectivity index (χ3v) is 7.33. The first-order valence-electron chi connectivity index (χ1n) is 13.0. The Hall–Kier alpha value is -3.14. The van der Waals surface area contributed by atoms with Crippen LogP contribution < -0.4 is 15.1 Å². The standard InChI is InChI=1S/C27H36FN3O5.H2O/c1-4-5-6-7-8-9-22(32)30-13-12-29(15-17(30)2)24-21(28)14-19-23(26(24)36-3)31(18-10-11-18)16-20(25(19)33)27(34)35;/h14,16-18H,4-13,15H2,1-3H3,(H,34,35);1H2. The van der Waals surface area contributed by atoms with Crippen molar-refractivity contribution in [1.82, 2.24) is 9.47 Å². The van der Waals surface area contributed by atoms with Gasteiger partial charge in [-0.15, -0.1) is 0 Å². The zero-order chi connectivity index (χ0) is 26.0. The second kappa shape index (κ2) is 11.9. The maximum atomic E-state index is 15.6. The van der Waals surface area contributed by atoms with Gasteiger partial charge >= 0.3 is 5.97 Å². The molecule has 10 heteroatoms. The molecule has 4 rings (SSSR count). The van der Waals surface area contributed by atoms with E-state index in [1.165, 1.54) is 26.1 Å². The van der Waals surface area contributed by atoms with Gasteiger partial charge in [0.15, 0.2) is 11.6 Å². The highest BCUT2D eigenvalue weighted by atomic mass is 19.1. The largest absolute Gasteiger partial charge is 0.492 e. The molecule has 1 atom stereocenters. The summed E-state index contributed by atoms with van der Waals surface area (Å²) in [6.07, 6.45) is 9.03. The Balaban J connectivity index is 0.00000380. The van der Waals surface area contributed by atoms with E-state index < -0.39 is 17.2 Å². The number of hydrogen-bond acceptors (Lipinski definition) is 5. The monoisotopic (exact) mass is 519 g/mol.